The van der Waals surface area contributed by atoms with E-state index in [1.54, 1.807) is 0 Å². The van der Waals surface area contributed by atoms with Crippen LogP contribution in [0.15, 0.2) is 42.5 Å². The van der Waals surface area contributed by atoms with Crippen molar-refractivity contribution >= 4 is 23.2 Å². The van der Waals surface area contributed by atoms with Gasteiger partial charge in [-0.05, 0) is 56.0 Å². The van der Waals surface area contributed by atoms with E-state index >= 15 is 0 Å². The van der Waals surface area contributed by atoms with Gasteiger partial charge < -0.3 is 15.1 Å². The Labute approximate surface area is 161 Å². The molecule has 2 aromatic rings. The van der Waals surface area contributed by atoms with Crippen LogP contribution < -0.4 is 15.1 Å². The van der Waals surface area contributed by atoms with E-state index in [2.05, 4.69) is 11.4 Å². The average Bonchev–Trinajstić information content (AvgIpc) is 3.08. The Morgan fingerprint density at radius 1 is 1.15 bits per heavy atom. The molecule has 0 spiro atoms. The molecule has 0 aliphatic carbocycles. The predicted molar refractivity (Wildman–Crippen MR) is 108 cm³/mol. The summed E-state index contributed by atoms with van der Waals surface area (Å²) in [7, 11) is 1.90. The maximum absolute atomic E-state index is 13.0. The van der Waals surface area contributed by atoms with E-state index < -0.39 is 0 Å². The van der Waals surface area contributed by atoms with Crippen molar-refractivity contribution in [3.05, 3.63) is 59.2 Å². The van der Waals surface area contributed by atoms with E-state index in [9.17, 15) is 9.59 Å². The molecule has 0 aromatic heterocycles. The Morgan fingerprint density at radius 3 is 2.67 bits per heavy atom. The molecule has 1 aliphatic rings. The van der Waals surface area contributed by atoms with Gasteiger partial charge in [0.25, 0.3) is 11.8 Å². The second kappa shape index (κ2) is 7.92. The number of rotatable bonds is 5. The van der Waals surface area contributed by atoms with E-state index in [-0.39, 0.29) is 24.4 Å². The highest BCUT2D eigenvalue weighted by Crippen LogP contribution is 2.27. The molecule has 2 amide bonds. The molecule has 1 unspecified atom stereocenters. The van der Waals surface area contributed by atoms with Crippen LogP contribution >= 0.6 is 0 Å². The van der Waals surface area contributed by atoms with Crippen molar-refractivity contribution < 1.29 is 14.5 Å². The quantitative estimate of drug-likeness (QED) is 0.847. The first kappa shape index (κ1) is 19.1. The van der Waals surface area contributed by atoms with Gasteiger partial charge in [0.05, 0.1) is 7.05 Å². The zero-order valence-corrected chi connectivity index (χ0v) is 16.5. The van der Waals surface area contributed by atoms with Gasteiger partial charge in [-0.1, -0.05) is 30.3 Å². The van der Waals surface area contributed by atoms with Crippen molar-refractivity contribution in [3.8, 4) is 0 Å². The highest BCUT2D eigenvalue weighted by molar-refractivity contribution is 5.98. The number of amides is 2. The summed E-state index contributed by atoms with van der Waals surface area (Å²) in [5, 5.41) is 2.98. The van der Waals surface area contributed by atoms with Crippen molar-refractivity contribution in [3.63, 3.8) is 0 Å². The van der Waals surface area contributed by atoms with Crippen molar-refractivity contribution in [1.29, 1.82) is 0 Å². The van der Waals surface area contributed by atoms with Crippen LogP contribution in [0.25, 0.3) is 0 Å². The fourth-order valence-corrected chi connectivity index (χ4v) is 3.50. The fourth-order valence-electron chi connectivity index (χ4n) is 3.50. The molecule has 142 valence electrons. The molecule has 1 heterocycles. The molecule has 3 rings (SSSR count). The average molecular weight is 366 g/mol. The van der Waals surface area contributed by atoms with Crippen molar-refractivity contribution in [1.82, 2.24) is 0 Å². The largest absolute Gasteiger partial charge is 0.321 e. The smallest absolute Gasteiger partial charge is 0.284 e. The highest BCUT2D eigenvalue weighted by atomic mass is 16.2. The molecule has 5 nitrogen and oxygen atoms in total. The van der Waals surface area contributed by atoms with Gasteiger partial charge in [-0.15, -0.1) is 0 Å². The number of hydrogen-bond acceptors (Lipinski definition) is 2. The van der Waals surface area contributed by atoms with Gasteiger partial charge in [0.1, 0.15) is 0 Å². The van der Waals surface area contributed by atoms with Gasteiger partial charge in [0.15, 0.2) is 12.6 Å². The van der Waals surface area contributed by atoms with E-state index in [4.69, 9.17) is 0 Å². The van der Waals surface area contributed by atoms with E-state index in [1.165, 1.54) is 5.56 Å². The molecular formula is C22H28N3O2+. The Balaban J connectivity index is 1.62. The van der Waals surface area contributed by atoms with Crippen LogP contribution in [0.2, 0.25) is 0 Å². The number of fused-ring (bicyclic) bond motifs is 1. The molecule has 0 radical (unpaired) electrons. The van der Waals surface area contributed by atoms with Gasteiger partial charge in [-0.3, -0.25) is 9.59 Å². The minimum atomic E-state index is -0.291. The topological polar surface area (TPSA) is 53.9 Å². The van der Waals surface area contributed by atoms with Crippen molar-refractivity contribution in [2.75, 3.05) is 30.4 Å². The molecule has 2 N–H and O–H groups in total. The minimum Gasteiger partial charge on any atom is -0.321 e. The Morgan fingerprint density at radius 2 is 1.89 bits per heavy atom. The summed E-state index contributed by atoms with van der Waals surface area (Å²) in [6.07, 6.45) is 0.890. The number of aryl methyl sites for hydroxylation is 1. The lowest BCUT2D eigenvalue weighted by Gasteiger charge is -2.25. The van der Waals surface area contributed by atoms with Gasteiger partial charge in [0, 0.05) is 17.9 Å². The predicted octanol–water partition coefficient (Wildman–Crippen LogP) is 1.73. The third kappa shape index (κ3) is 4.03. The van der Waals surface area contributed by atoms with Gasteiger partial charge in [0.2, 0.25) is 0 Å². The fraction of sp³-hybridized carbons (Fsp3) is 0.364. The molecule has 2 atom stereocenters. The second-order valence-electron chi connectivity index (χ2n) is 7.41. The van der Waals surface area contributed by atoms with E-state index in [0.29, 0.717) is 6.54 Å². The van der Waals surface area contributed by atoms with Gasteiger partial charge >= 0.3 is 0 Å². The minimum absolute atomic E-state index is 0.0667. The highest BCUT2D eigenvalue weighted by Gasteiger charge is 2.32. The third-order valence-electron chi connectivity index (χ3n) is 5.58. The SMILES string of the molecule is Cc1cccc(NC(=O)C[NH+](C)[C@@H](C)C(=O)N2CCc3ccccc32)c1C. The third-order valence-corrected chi connectivity index (χ3v) is 5.58. The van der Waals surface area contributed by atoms with Crippen LogP contribution in [-0.4, -0.2) is 38.0 Å². The number of hydrogen-bond donors (Lipinski definition) is 2. The number of para-hydroxylation sites is 1. The number of nitrogens with one attached hydrogen (secondary N) is 2. The first-order chi connectivity index (χ1) is 12.9. The summed E-state index contributed by atoms with van der Waals surface area (Å²) in [5.74, 6) is -0.0142. The molecule has 27 heavy (non-hydrogen) atoms. The number of carbonyl (C=O) groups excluding carboxylic acids is 2. The number of carbonyl (C=O) groups is 2. The summed E-state index contributed by atoms with van der Waals surface area (Å²) >= 11 is 0. The summed E-state index contributed by atoms with van der Waals surface area (Å²) in [4.78, 5) is 28.2. The number of anilines is 2. The van der Waals surface area contributed by atoms with E-state index in [0.717, 1.165) is 33.8 Å². The summed E-state index contributed by atoms with van der Waals surface area (Å²) in [6, 6.07) is 13.6. The number of benzene rings is 2. The van der Waals surface area contributed by atoms with Crippen molar-refractivity contribution in [2.24, 2.45) is 0 Å². The summed E-state index contributed by atoms with van der Waals surface area (Å²) < 4.78 is 0. The molecule has 5 heteroatoms. The van der Waals surface area contributed by atoms with E-state index in [1.807, 2.05) is 69.1 Å². The first-order valence-electron chi connectivity index (χ1n) is 9.46. The molecule has 0 saturated carbocycles. The monoisotopic (exact) mass is 366 g/mol. The summed E-state index contributed by atoms with van der Waals surface area (Å²) in [6.45, 7) is 6.87. The Hall–Kier alpha value is -2.66. The normalized spacial score (nSPS) is 15.2. The van der Waals surface area contributed by atoms with Crippen LogP contribution in [-0.2, 0) is 16.0 Å². The molecular weight excluding hydrogens is 338 g/mol. The van der Waals surface area contributed by atoms with Crippen LogP contribution in [0.1, 0.15) is 23.6 Å². The summed E-state index contributed by atoms with van der Waals surface area (Å²) in [5.41, 5.74) is 5.26. The Bertz CT molecular complexity index is 862. The molecule has 0 fully saturated rings. The van der Waals surface area contributed by atoms with Gasteiger partial charge in [-0.2, -0.15) is 0 Å². The van der Waals surface area contributed by atoms with Crippen LogP contribution in [0.5, 0.6) is 0 Å². The standard InChI is InChI=1S/C22H27N3O2/c1-15-8-7-10-19(16(15)2)23-21(26)14-24(4)17(3)22(27)25-13-12-18-9-5-6-11-20(18)25/h5-11,17H,12-14H2,1-4H3,(H,23,26)/p+1/t17-/m0/s1. The number of quaternary nitrogens is 1. The van der Waals surface area contributed by atoms with Crippen molar-refractivity contribution in [2.45, 2.75) is 33.2 Å². The second-order valence-corrected chi connectivity index (χ2v) is 7.41. The Kier molecular flexibility index (Phi) is 5.61. The lowest BCUT2D eigenvalue weighted by Crippen LogP contribution is -3.15. The molecule has 1 aliphatic heterocycles. The maximum Gasteiger partial charge on any atom is 0.284 e. The lowest BCUT2D eigenvalue weighted by molar-refractivity contribution is -0.885. The van der Waals surface area contributed by atoms with Gasteiger partial charge in [-0.25, -0.2) is 0 Å². The van der Waals surface area contributed by atoms with Crippen LogP contribution in [0.4, 0.5) is 11.4 Å². The van der Waals surface area contributed by atoms with Crippen LogP contribution in [0.3, 0.4) is 0 Å². The molecule has 2 aromatic carbocycles. The van der Waals surface area contributed by atoms with Crippen LogP contribution in [0, 0.1) is 13.8 Å². The molecule has 0 saturated heterocycles. The molecule has 0 bridgehead atoms. The number of nitrogens with zero attached hydrogens (tertiary/aromatic N) is 1. The maximum atomic E-state index is 13.0. The zero-order valence-electron chi connectivity index (χ0n) is 16.5. The number of likely N-dealkylation sites (N-methyl/N-ethyl adjacent to an activating group) is 1. The first-order valence-corrected chi connectivity index (χ1v) is 9.46. The zero-order chi connectivity index (χ0) is 19.6. The lowest BCUT2D eigenvalue weighted by atomic mass is 10.1.